The minimum absolute atomic E-state index is 0.0540. The van der Waals surface area contributed by atoms with E-state index in [4.69, 9.17) is 4.74 Å². The molecule has 0 aromatic carbocycles. The molecule has 1 unspecified atom stereocenters. The second-order valence-electron chi connectivity index (χ2n) is 4.19. The lowest BCUT2D eigenvalue weighted by molar-refractivity contribution is -0.146. The van der Waals surface area contributed by atoms with Crippen LogP contribution in [0.2, 0.25) is 0 Å². The number of hydrogen-bond acceptors (Lipinski definition) is 4. The molecular weight excluding hydrogens is 216 g/mol. The third-order valence-electron chi connectivity index (χ3n) is 2.73. The summed E-state index contributed by atoms with van der Waals surface area (Å²) >= 11 is 0. The van der Waals surface area contributed by atoms with E-state index < -0.39 is 0 Å². The monoisotopic (exact) mass is 236 g/mol. The molecule has 1 aromatic rings. The van der Waals surface area contributed by atoms with Crippen molar-refractivity contribution in [3.05, 3.63) is 30.1 Å². The first-order chi connectivity index (χ1) is 8.17. The van der Waals surface area contributed by atoms with Crippen LogP contribution >= 0.6 is 0 Å². The van der Waals surface area contributed by atoms with Crippen molar-refractivity contribution >= 4 is 5.97 Å². The molecule has 1 heterocycles. The van der Waals surface area contributed by atoms with E-state index in [0.29, 0.717) is 6.54 Å². The third-order valence-corrected chi connectivity index (χ3v) is 2.73. The Balaban J connectivity index is 2.48. The second kappa shape index (κ2) is 7.01. The predicted octanol–water partition coefficient (Wildman–Crippen LogP) is 1.71. The molecule has 94 valence electrons. The van der Waals surface area contributed by atoms with E-state index in [1.807, 2.05) is 32.3 Å². The first-order valence-electron chi connectivity index (χ1n) is 5.82. The number of aromatic nitrogens is 1. The zero-order valence-electron chi connectivity index (χ0n) is 10.7. The van der Waals surface area contributed by atoms with E-state index in [1.165, 1.54) is 7.11 Å². The fraction of sp³-hybridized carbons (Fsp3) is 0.538. The zero-order chi connectivity index (χ0) is 12.7. The molecule has 1 rings (SSSR count). The molecule has 0 aliphatic carbocycles. The predicted molar refractivity (Wildman–Crippen MR) is 66.4 cm³/mol. The highest BCUT2D eigenvalue weighted by atomic mass is 16.5. The topological polar surface area (TPSA) is 42.4 Å². The lowest BCUT2D eigenvalue weighted by Gasteiger charge is -2.21. The summed E-state index contributed by atoms with van der Waals surface area (Å²) in [6, 6.07) is 3.95. The third kappa shape index (κ3) is 4.53. The molecule has 17 heavy (non-hydrogen) atoms. The van der Waals surface area contributed by atoms with Crippen LogP contribution in [0.5, 0.6) is 0 Å². The van der Waals surface area contributed by atoms with Crippen molar-refractivity contribution < 1.29 is 9.53 Å². The number of carbonyl (C=O) groups excluding carboxylic acids is 1. The van der Waals surface area contributed by atoms with Gasteiger partial charge in [-0.2, -0.15) is 0 Å². The van der Waals surface area contributed by atoms with Crippen molar-refractivity contribution in [2.24, 2.45) is 5.92 Å². The summed E-state index contributed by atoms with van der Waals surface area (Å²) in [5.74, 6) is -0.188. The van der Waals surface area contributed by atoms with Gasteiger partial charge in [0.2, 0.25) is 0 Å². The molecule has 1 aromatic heterocycles. The molecular formula is C13H20N2O2. The first-order valence-corrected chi connectivity index (χ1v) is 5.82. The summed E-state index contributed by atoms with van der Waals surface area (Å²) < 4.78 is 4.78. The standard InChI is InChI=1S/C13H20N2O2/c1-4-12(13(16)17-3)10-15(2)9-11-6-5-7-14-8-11/h5-8,12H,4,9-10H2,1-3H3. The first kappa shape index (κ1) is 13.6. The Bertz CT molecular complexity index is 341. The van der Waals surface area contributed by atoms with Crippen LogP contribution in [0.3, 0.4) is 0 Å². The molecule has 4 heteroatoms. The van der Waals surface area contributed by atoms with Gasteiger partial charge in [0.15, 0.2) is 0 Å². The van der Waals surface area contributed by atoms with Gasteiger partial charge in [0.1, 0.15) is 0 Å². The summed E-state index contributed by atoms with van der Waals surface area (Å²) in [5.41, 5.74) is 1.15. The summed E-state index contributed by atoms with van der Waals surface area (Å²) in [7, 11) is 3.44. The van der Waals surface area contributed by atoms with Crippen molar-refractivity contribution in [3.63, 3.8) is 0 Å². The Labute approximate surface area is 103 Å². The van der Waals surface area contributed by atoms with Gasteiger partial charge in [-0.1, -0.05) is 13.0 Å². The highest BCUT2D eigenvalue weighted by Crippen LogP contribution is 2.09. The zero-order valence-corrected chi connectivity index (χ0v) is 10.7. The molecule has 0 saturated carbocycles. The average Bonchev–Trinajstić information content (AvgIpc) is 2.36. The molecule has 0 fully saturated rings. The molecule has 0 aliphatic heterocycles. The Kier molecular flexibility index (Phi) is 5.63. The van der Waals surface area contributed by atoms with Crippen LogP contribution in [0, 0.1) is 5.92 Å². The molecule has 0 N–H and O–H groups in total. The van der Waals surface area contributed by atoms with Crippen molar-refractivity contribution in [3.8, 4) is 0 Å². The van der Waals surface area contributed by atoms with E-state index >= 15 is 0 Å². The Hall–Kier alpha value is -1.42. The minimum atomic E-state index is -0.134. The molecule has 1 atom stereocenters. The molecule has 0 bridgehead atoms. The maximum Gasteiger partial charge on any atom is 0.309 e. The SMILES string of the molecule is CCC(CN(C)Cc1cccnc1)C(=O)OC. The van der Waals surface area contributed by atoms with Gasteiger partial charge in [-0.15, -0.1) is 0 Å². The van der Waals surface area contributed by atoms with Gasteiger partial charge in [0, 0.05) is 25.5 Å². The van der Waals surface area contributed by atoms with Gasteiger partial charge < -0.3 is 9.64 Å². The van der Waals surface area contributed by atoms with E-state index in [0.717, 1.165) is 18.5 Å². The number of nitrogens with zero attached hydrogens (tertiary/aromatic N) is 2. The van der Waals surface area contributed by atoms with E-state index in [1.54, 1.807) is 6.20 Å². The van der Waals surface area contributed by atoms with Crippen LogP contribution in [-0.4, -0.2) is 36.6 Å². The Morgan fingerprint density at radius 3 is 2.88 bits per heavy atom. The number of hydrogen-bond donors (Lipinski definition) is 0. The van der Waals surface area contributed by atoms with Crippen molar-refractivity contribution in [1.29, 1.82) is 0 Å². The number of rotatable bonds is 6. The number of ether oxygens (including phenoxy) is 1. The number of carbonyl (C=O) groups is 1. The van der Waals surface area contributed by atoms with E-state index in [-0.39, 0.29) is 11.9 Å². The molecule has 0 aliphatic rings. The summed E-state index contributed by atoms with van der Waals surface area (Å²) in [4.78, 5) is 17.7. The number of methoxy groups -OCH3 is 1. The van der Waals surface area contributed by atoms with Gasteiger partial charge in [-0.25, -0.2) is 0 Å². The van der Waals surface area contributed by atoms with Crippen LogP contribution in [0.1, 0.15) is 18.9 Å². The highest BCUT2D eigenvalue weighted by molar-refractivity contribution is 5.72. The maximum atomic E-state index is 11.5. The smallest absolute Gasteiger partial charge is 0.309 e. The highest BCUT2D eigenvalue weighted by Gasteiger charge is 2.18. The van der Waals surface area contributed by atoms with Crippen LogP contribution in [0.4, 0.5) is 0 Å². The second-order valence-corrected chi connectivity index (χ2v) is 4.19. The van der Waals surface area contributed by atoms with Gasteiger partial charge >= 0.3 is 5.97 Å². The summed E-state index contributed by atoms with van der Waals surface area (Å²) in [6.45, 7) is 3.50. The molecule has 0 amide bonds. The van der Waals surface area contributed by atoms with Crippen molar-refractivity contribution in [2.75, 3.05) is 20.7 Å². The summed E-state index contributed by atoms with van der Waals surface area (Å²) in [5, 5.41) is 0. The molecule has 4 nitrogen and oxygen atoms in total. The molecule has 0 radical (unpaired) electrons. The van der Waals surface area contributed by atoms with Crippen LogP contribution < -0.4 is 0 Å². The quantitative estimate of drug-likeness (QED) is 0.705. The molecule has 0 saturated heterocycles. The molecule has 0 spiro atoms. The Morgan fingerprint density at radius 1 is 1.59 bits per heavy atom. The van der Waals surface area contributed by atoms with Crippen LogP contribution in [0.25, 0.3) is 0 Å². The maximum absolute atomic E-state index is 11.5. The van der Waals surface area contributed by atoms with Crippen molar-refractivity contribution in [2.45, 2.75) is 19.9 Å². The van der Waals surface area contributed by atoms with Crippen LogP contribution in [-0.2, 0) is 16.1 Å². The Morgan fingerprint density at radius 2 is 2.35 bits per heavy atom. The fourth-order valence-corrected chi connectivity index (χ4v) is 1.78. The van der Waals surface area contributed by atoms with Crippen molar-refractivity contribution in [1.82, 2.24) is 9.88 Å². The lowest BCUT2D eigenvalue weighted by Crippen LogP contribution is -2.30. The van der Waals surface area contributed by atoms with Crippen LogP contribution in [0.15, 0.2) is 24.5 Å². The fourth-order valence-electron chi connectivity index (χ4n) is 1.78. The lowest BCUT2D eigenvalue weighted by atomic mass is 10.1. The average molecular weight is 236 g/mol. The minimum Gasteiger partial charge on any atom is -0.469 e. The largest absolute Gasteiger partial charge is 0.469 e. The van der Waals surface area contributed by atoms with Gasteiger partial charge in [0.25, 0.3) is 0 Å². The van der Waals surface area contributed by atoms with Gasteiger partial charge in [-0.3, -0.25) is 9.78 Å². The number of esters is 1. The summed E-state index contributed by atoms with van der Waals surface area (Å²) in [6.07, 6.45) is 4.40. The number of pyridine rings is 1. The normalized spacial score (nSPS) is 12.5. The van der Waals surface area contributed by atoms with E-state index in [2.05, 4.69) is 9.88 Å². The van der Waals surface area contributed by atoms with Gasteiger partial charge in [0.05, 0.1) is 13.0 Å². The van der Waals surface area contributed by atoms with E-state index in [9.17, 15) is 4.79 Å². The van der Waals surface area contributed by atoms with Gasteiger partial charge in [-0.05, 0) is 25.1 Å².